The summed E-state index contributed by atoms with van der Waals surface area (Å²) in [6.45, 7) is -0.270. The first-order valence-corrected chi connectivity index (χ1v) is 10.5. The van der Waals surface area contributed by atoms with E-state index in [9.17, 15) is 9.59 Å². The highest BCUT2D eigenvalue weighted by Gasteiger charge is 2.32. The number of benzene rings is 3. The van der Waals surface area contributed by atoms with Gasteiger partial charge in [-0.2, -0.15) is 0 Å². The lowest BCUT2D eigenvalue weighted by Gasteiger charge is -2.37. The van der Waals surface area contributed by atoms with Crippen molar-refractivity contribution in [2.45, 2.75) is 17.4 Å². The Kier molecular flexibility index (Phi) is 5.96. The van der Waals surface area contributed by atoms with Crippen molar-refractivity contribution in [1.29, 1.82) is 0 Å². The Morgan fingerprint density at radius 1 is 0.897 bits per heavy atom. The predicted molar refractivity (Wildman–Crippen MR) is 115 cm³/mol. The van der Waals surface area contributed by atoms with Crippen LogP contribution in [0.25, 0.3) is 0 Å². The quantitative estimate of drug-likeness (QED) is 0.582. The van der Waals surface area contributed by atoms with Gasteiger partial charge in [-0.05, 0) is 23.3 Å². The highest BCUT2D eigenvalue weighted by Crippen LogP contribution is 2.43. The standard InChI is InChI=1S/C24H21NO3S/c26-23(16-28-24(27)15-18-9-3-1-4-10-18)25-20-13-7-8-14-22(20)29-17-21(25)19-11-5-2-6-12-19/h1-14,21H,15-17H2/t21-/m0/s1. The molecule has 1 amide bonds. The molecule has 3 aromatic rings. The molecule has 0 aromatic heterocycles. The van der Waals surface area contributed by atoms with E-state index in [1.807, 2.05) is 84.9 Å². The van der Waals surface area contributed by atoms with Crippen molar-refractivity contribution in [3.05, 3.63) is 96.1 Å². The Bertz CT molecular complexity index is 991. The zero-order chi connectivity index (χ0) is 20.1. The second-order valence-corrected chi connectivity index (χ2v) is 7.85. The summed E-state index contributed by atoms with van der Waals surface area (Å²) < 4.78 is 5.32. The summed E-state index contributed by atoms with van der Waals surface area (Å²) in [5, 5.41) is 0. The van der Waals surface area contributed by atoms with Crippen LogP contribution in [-0.2, 0) is 20.7 Å². The largest absolute Gasteiger partial charge is 0.455 e. The fraction of sp³-hybridized carbons (Fsp3) is 0.167. The summed E-state index contributed by atoms with van der Waals surface area (Å²) in [5.74, 6) is 0.138. The molecule has 4 rings (SSSR count). The molecular weight excluding hydrogens is 382 g/mol. The molecule has 4 nitrogen and oxygen atoms in total. The summed E-state index contributed by atoms with van der Waals surface area (Å²) in [7, 11) is 0. The Labute approximate surface area is 174 Å². The molecule has 3 aromatic carbocycles. The fourth-order valence-corrected chi connectivity index (χ4v) is 4.61. The smallest absolute Gasteiger partial charge is 0.310 e. The zero-order valence-corrected chi connectivity index (χ0v) is 16.7. The van der Waals surface area contributed by atoms with Crippen LogP contribution in [0.5, 0.6) is 0 Å². The number of amides is 1. The maximum atomic E-state index is 13.1. The maximum Gasteiger partial charge on any atom is 0.310 e. The topological polar surface area (TPSA) is 46.6 Å². The molecule has 0 saturated carbocycles. The molecule has 0 radical (unpaired) electrons. The van der Waals surface area contributed by atoms with Crippen LogP contribution < -0.4 is 4.90 Å². The molecule has 0 unspecified atom stereocenters. The third kappa shape index (κ3) is 4.51. The fourth-order valence-electron chi connectivity index (χ4n) is 3.44. The first kappa shape index (κ1) is 19.3. The summed E-state index contributed by atoms with van der Waals surface area (Å²) >= 11 is 1.74. The van der Waals surface area contributed by atoms with Crippen molar-refractivity contribution in [2.75, 3.05) is 17.3 Å². The van der Waals surface area contributed by atoms with Crippen molar-refractivity contribution >= 4 is 29.3 Å². The minimum Gasteiger partial charge on any atom is -0.455 e. The first-order chi connectivity index (χ1) is 14.2. The lowest BCUT2D eigenvalue weighted by molar-refractivity contribution is -0.147. The average molecular weight is 404 g/mol. The van der Waals surface area contributed by atoms with Gasteiger partial charge in [0.25, 0.3) is 5.91 Å². The number of nitrogens with zero attached hydrogens (tertiary/aromatic N) is 1. The first-order valence-electron chi connectivity index (χ1n) is 9.51. The van der Waals surface area contributed by atoms with Gasteiger partial charge in [0.2, 0.25) is 0 Å². The number of thioether (sulfide) groups is 1. The maximum absolute atomic E-state index is 13.1. The number of esters is 1. The van der Waals surface area contributed by atoms with E-state index in [0.29, 0.717) is 0 Å². The van der Waals surface area contributed by atoms with Crippen LogP contribution in [0.4, 0.5) is 5.69 Å². The van der Waals surface area contributed by atoms with E-state index in [-0.39, 0.29) is 25.0 Å². The van der Waals surface area contributed by atoms with Gasteiger partial charge in [0.05, 0.1) is 18.2 Å². The number of carbonyl (C=O) groups is 2. The molecule has 29 heavy (non-hydrogen) atoms. The van der Waals surface area contributed by atoms with Crippen LogP contribution in [-0.4, -0.2) is 24.2 Å². The van der Waals surface area contributed by atoms with E-state index >= 15 is 0 Å². The molecule has 0 bridgehead atoms. The Morgan fingerprint density at radius 2 is 1.55 bits per heavy atom. The highest BCUT2D eigenvalue weighted by molar-refractivity contribution is 7.99. The van der Waals surface area contributed by atoms with E-state index in [4.69, 9.17) is 4.74 Å². The minimum atomic E-state index is -0.402. The van der Waals surface area contributed by atoms with Gasteiger partial charge in [0.1, 0.15) is 0 Å². The van der Waals surface area contributed by atoms with Crippen LogP contribution in [0.2, 0.25) is 0 Å². The van der Waals surface area contributed by atoms with Gasteiger partial charge in [0, 0.05) is 10.6 Å². The predicted octanol–water partition coefficient (Wildman–Crippen LogP) is 4.65. The zero-order valence-electron chi connectivity index (χ0n) is 15.9. The Hall–Kier alpha value is -3.05. The van der Waals surface area contributed by atoms with Gasteiger partial charge in [-0.1, -0.05) is 72.8 Å². The number of fused-ring (bicyclic) bond motifs is 1. The monoisotopic (exact) mass is 403 g/mol. The van der Waals surface area contributed by atoms with Gasteiger partial charge >= 0.3 is 5.97 Å². The third-order valence-corrected chi connectivity index (χ3v) is 5.97. The number of hydrogen-bond donors (Lipinski definition) is 0. The number of hydrogen-bond acceptors (Lipinski definition) is 4. The lowest BCUT2D eigenvalue weighted by atomic mass is 10.1. The second-order valence-electron chi connectivity index (χ2n) is 6.79. The summed E-state index contributed by atoms with van der Waals surface area (Å²) in [6, 6.07) is 27.1. The molecular formula is C24H21NO3S. The van der Waals surface area contributed by atoms with Gasteiger partial charge in [-0.3, -0.25) is 14.5 Å². The van der Waals surface area contributed by atoms with Gasteiger partial charge in [-0.15, -0.1) is 11.8 Å². The van der Waals surface area contributed by atoms with Crippen LogP contribution in [0, 0.1) is 0 Å². The number of para-hydroxylation sites is 1. The van der Waals surface area contributed by atoms with Crippen molar-refractivity contribution in [3.8, 4) is 0 Å². The van der Waals surface area contributed by atoms with E-state index in [2.05, 4.69) is 0 Å². The Morgan fingerprint density at radius 3 is 2.31 bits per heavy atom. The van der Waals surface area contributed by atoms with E-state index in [1.54, 1.807) is 16.7 Å². The summed E-state index contributed by atoms with van der Waals surface area (Å²) in [5.41, 5.74) is 2.80. The summed E-state index contributed by atoms with van der Waals surface area (Å²) in [6.07, 6.45) is 0.155. The molecule has 1 aliphatic heterocycles. The molecule has 1 heterocycles. The molecule has 0 spiro atoms. The molecule has 0 N–H and O–H groups in total. The number of anilines is 1. The van der Waals surface area contributed by atoms with Crippen LogP contribution in [0.3, 0.4) is 0 Å². The van der Waals surface area contributed by atoms with Gasteiger partial charge < -0.3 is 4.74 Å². The molecule has 1 aliphatic rings. The molecule has 5 heteroatoms. The van der Waals surface area contributed by atoms with Gasteiger partial charge in [-0.25, -0.2) is 0 Å². The number of carbonyl (C=O) groups excluding carboxylic acids is 2. The normalized spacial score (nSPS) is 15.4. The number of ether oxygens (including phenoxy) is 1. The van der Waals surface area contributed by atoms with E-state index < -0.39 is 5.97 Å². The molecule has 146 valence electrons. The van der Waals surface area contributed by atoms with Gasteiger partial charge in [0.15, 0.2) is 6.61 Å². The number of rotatable bonds is 5. The van der Waals surface area contributed by atoms with Crippen molar-refractivity contribution in [3.63, 3.8) is 0 Å². The molecule has 0 fully saturated rings. The Balaban J connectivity index is 1.51. The molecule has 0 saturated heterocycles. The van der Waals surface area contributed by atoms with E-state index in [1.165, 1.54) is 0 Å². The third-order valence-electron chi connectivity index (χ3n) is 4.83. The molecule has 1 atom stereocenters. The lowest BCUT2D eigenvalue weighted by Crippen LogP contribution is -2.41. The van der Waals surface area contributed by atoms with Crippen LogP contribution in [0.1, 0.15) is 17.2 Å². The van der Waals surface area contributed by atoms with Crippen molar-refractivity contribution in [2.24, 2.45) is 0 Å². The summed E-state index contributed by atoms with van der Waals surface area (Å²) in [4.78, 5) is 28.2. The average Bonchev–Trinajstić information content (AvgIpc) is 2.78. The SMILES string of the molecule is O=C(Cc1ccccc1)OCC(=O)N1c2ccccc2SC[C@H]1c1ccccc1. The highest BCUT2D eigenvalue weighted by atomic mass is 32.2. The van der Waals surface area contributed by atoms with Crippen LogP contribution in [0.15, 0.2) is 89.8 Å². The molecule has 0 aliphatic carbocycles. The second kappa shape index (κ2) is 8.97. The van der Waals surface area contributed by atoms with Crippen LogP contribution >= 0.6 is 11.8 Å². The minimum absolute atomic E-state index is 0.101. The van der Waals surface area contributed by atoms with E-state index in [0.717, 1.165) is 27.5 Å². The van der Waals surface area contributed by atoms with Crippen molar-refractivity contribution < 1.29 is 14.3 Å². The van der Waals surface area contributed by atoms with Crippen molar-refractivity contribution in [1.82, 2.24) is 0 Å².